The van der Waals surface area contributed by atoms with Crippen molar-refractivity contribution in [1.82, 2.24) is 14.5 Å². The number of ether oxygens (including phenoxy) is 2. The van der Waals surface area contributed by atoms with Gasteiger partial charge in [0.25, 0.3) is 0 Å². The van der Waals surface area contributed by atoms with Gasteiger partial charge in [-0.15, -0.1) is 0 Å². The van der Waals surface area contributed by atoms with E-state index in [1.165, 1.54) is 11.8 Å². The summed E-state index contributed by atoms with van der Waals surface area (Å²) in [4.78, 5) is 19.9. The van der Waals surface area contributed by atoms with Crippen molar-refractivity contribution in [3.63, 3.8) is 0 Å². The topological polar surface area (TPSA) is 56.6 Å². The van der Waals surface area contributed by atoms with Crippen LogP contribution in [0.5, 0.6) is 11.5 Å². The number of amides is 1. The molecule has 0 aliphatic carbocycles. The molecule has 6 nitrogen and oxygen atoms in total. The summed E-state index contributed by atoms with van der Waals surface area (Å²) in [5.74, 6) is 2.14. The first-order valence-corrected chi connectivity index (χ1v) is 12.0. The minimum atomic E-state index is 0.0928. The molecule has 2 aliphatic rings. The predicted octanol–water partition coefficient (Wildman–Crippen LogP) is 4.67. The van der Waals surface area contributed by atoms with Gasteiger partial charge in [-0.05, 0) is 49.6 Å². The molecule has 3 aromatic rings. The van der Waals surface area contributed by atoms with Gasteiger partial charge in [-0.3, -0.25) is 4.79 Å². The van der Waals surface area contributed by atoms with E-state index in [2.05, 4.69) is 29.7 Å². The van der Waals surface area contributed by atoms with Gasteiger partial charge in [0.05, 0.1) is 36.0 Å². The molecule has 1 amide bonds. The molecule has 0 bridgehead atoms. The van der Waals surface area contributed by atoms with Crippen molar-refractivity contribution in [3.05, 3.63) is 48.0 Å². The fourth-order valence-electron chi connectivity index (χ4n) is 4.48. The average Bonchev–Trinajstić information content (AvgIpc) is 3.35. The Labute approximate surface area is 186 Å². The van der Waals surface area contributed by atoms with Crippen LogP contribution in [-0.4, -0.2) is 45.9 Å². The number of hydrogen-bond acceptors (Lipinski definition) is 5. The fourth-order valence-corrected chi connectivity index (χ4v) is 5.44. The summed E-state index contributed by atoms with van der Waals surface area (Å²) >= 11 is 1.53. The second-order valence-electron chi connectivity index (χ2n) is 7.92. The van der Waals surface area contributed by atoms with E-state index in [1.54, 1.807) is 0 Å². The Morgan fingerprint density at radius 1 is 1.13 bits per heavy atom. The number of fused-ring (bicyclic) bond motifs is 2. The third-order valence-corrected chi connectivity index (χ3v) is 6.95. The number of carbonyl (C=O) groups is 1. The molecule has 162 valence electrons. The van der Waals surface area contributed by atoms with Crippen LogP contribution in [0.2, 0.25) is 0 Å². The lowest BCUT2D eigenvalue weighted by Crippen LogP contribution is -2.32. The van der Waals surface area contributed by atoms with Gasteiger partial charge in [0.2, 0.25) is 5.91 Å². The Morgan fingerprint density at radius 2 is 1.97 bits per heavy atom. The Bertz CT molecular complexity index is 1100. The smallest absolute Gasteiger partial charge is 0.233 e. The zero-order valence-electron chi connectivity index (χ0n) is 17.8. The van der Waals surface area contributed by atoms with E-state index in [0.29, 0.717) is 19.0 Å². The van der Waals surface area contributed by atoms with Gasteiger partial charge in [-0.1, -0.05) is 30.0 Å². The lowest BCUT2D eigenvalue weighted by atomic mass is 10.0. The maximum absolute atomic E-state index is 13.2. The molecule has 7 heteroatoms. The second kappa shape index (κ2) is 8.83. The van der Waals surface area contributed by atoms with E-state index >= 15 is 0 Å². The summed E-state index contributed by atoms with van der Waals surface area (Å²) in [6, 6.07) is 14.3. The van der Waals surface area contributed by atoms with Crippen LogP contribution in [0.1, 0.15) is 37.8 Å². The largest absolute Gasteiger partial charge is 0.490 e. The SMILES string of the molecule is CCn1c(SCC(=O)N2CCC[C@H]2c2ccc3c(c2)OCCCO3)nc2ccccc21. The molecule has 1 atom stereocenters. The molecule has 1 fully saturated rings. The molecule has 2 aliphatic heterocycles. The first-order valence-electron chi connectivity index (χ1n) is 11.0. The monoisotopic (exact) mass is 437 g/mol. The fraction of sp³-hybridized carbons (Fsp3) is 0.417. The number of rotatable bonds is 5. The number of likely N-dealkylation sites (tertiary alicyclic amines) is 1. The number of benzene rings is 2. The molecule has 1 saturated heterocycles. The quantitative estimate of drug-likeness (QED) is 0.543. The maximum atomic E-state index is 13.2. The summed E-state index contributed by atoms with van der Waals surface area (Å²) in [6.45, 7) is 5.09. The van der Waals surface area contributed by atoms with Crippen molar-refractivity contribution in [2.75, 3.05) is 25.5 Å². The second-order valence-corrected chi connectivity index (χ2v) is 8.86. The molecular formula is C24H27N3O3S. The van der Waals surface area contributed by atoms with Crippen LogP contribution < -0.4 is 9.47 Å². The summed E-state index contributed by atoms with van der Waals surface area (Å²) in [5.41, 5.74) is 3.22. The van der Waals surface area contributed by atoms with Crippen LogP contribution in [0.4, 0.5) is 0 Å². The van der Waals surface area contributed by atoms with Crippen molar-refractivity contribution in [2.24, 2.45) is 0 Å². The number of aromatic nitrogens is 2. The number of carbonyl (C=O) groups excluding carboxylic acids is 1. The molecule has 3 heterocycles. The number of aryl methyl sites for hydroxylation is 1. The molecule has 1 aromatic heterocycles. The van der Waals surface area contributed by atoms with Crippen LogP contribution in [-0.2, 0) is 11.3 Å². The third kappa shape index (κ3) is 3.99. The van der Waals surface area contributed by atoms with Crippen molar-refractivity contribution in [2.45, 2.75) is 43.9 Å². The summed E-state index contributed by atoms with van der Waals surface area (Å²) in [6.07, 6.45) is 2.88. The molecule has 0 unspecified atom stereocenters. The lowest BCUT2D eigenvalue weighted by Gasteiger charge is -2.25. The van der Waals surface area contributed by atoms with E-state index in [-0.39, 0.29) is 11.9 Å². The minimum Gasteiger partial charge on any atom is -0.490 e. The molecule has 0 N–H and O–H groups in total. The van der Waals surface area contributed by atoms with Crippen LogP contribution in [0.3, 0.4) is 0 Å². The van der Waals surface area contributed by atoms with Gasteiger partial charge < -0.3 is 18.9 Å². The Balaban J connectivity index is 1.31. The highest BCUT2D eigenvalue weighted by Gasteiger charge is 2.31. The zero-order chi connectivity index (χ0) is 21.2. The van der Waals surface area contributed by atoms with Crippen LogP contribution >= 0.6 is 11.8 Å². The molecule has 0 radical (unpaired) electrons. The molecule has 0 saturated carbocycles. The number of thioether (sulfide) groups is 1. The highest BCUT2D eigenvalue weighted by atomic mass is 32.2. The number of hydrogen-bond donors (Lipinski definition) is 0. The number of para-hydroxylation sites is 2. The molecule has 5 rings (SSSR count). The minimum absolute atomic E-state index is 0.0928. The van der Waals surface area contributed by atoms with Crippen LogP contribution in [0.25, 0.3) is 11.0 Å². The van der Waals surface area contributed by atoms with Gasteiger partial charge >= 0.3 is 0 Å². The van der Waals surface area contributed by atoms with Gasteiger partial charge in [-0.2, -0.15) is 0 Å². The Kier molecular flexibility index (Phi) is 5.76. The van der Waals surface area contributed by atoms with E-state index in [4.69, 9.17) is 14.5 Å². The van der Waals surface area contributed by atoms with E-state index in [1.807, 2.05) is 29.2 Å². The molecule has 2 aromatic carbocycles. The van der Waals surface area contributed by atoms with Gasteiger partial charge in [0.15, 0.2) is 16.7 Å². The first-order chi connectivity index (χ1) is 15.2. The maximum Gasteiger partial charge on any atom is 0.233 e. The summed E-state index contributed by atoms with van der Waals surface area (Å²) in [7, 11) is 0. The average molecular weight is 438 g/mol. The standard InChI is InChI=1S/C24H27N3O3S/c1-2-26-20-8-4-3-7-18(20)25-24(26)31-16-23(28)27-12-5-9-19(27)17-10-11-21-22(15-17)30-14-6-13-29-21/h3-4,7-8,10-11,15,19H,2,5-6,9,12-14,16H2,1H3/t19-/m0/s1. The van der Waals surface area contributed by atoms with E-state index in [0.717, 1.165) is 65.6 Å². The van der Waals surface area contributed by atoms with Crippen molar-refractivity contribution in [1.29, 1.82) is 0 Å². The van der Waals surface area contributed by atoms with E-state index in [9.17, 15) is 4.79 Å². The van der Waals surface area contributed by atoms with E-state index < -0.39 is 0 Å². The highest BCUT2D eigenvalue weighted by molar-refractivity contribution is 7.99. The van der Waals surface area contributed by atoms with Crippen LogP contribution in [0, 0.1) is 0 Å². The van der Waals surface area contributed by atoms with Gasteiger partial charge in [0.1, 0.15) is 0 Å². The zero-order valence-corrected chi connectivity index (χ0v) is 18.6. The lowest BCUT2D eigenvalue weighted by molar-refractivity contribution is -0.129. The summed E-state index contributed by atoms with van der Waals surface area (Å²) < 4.78 is 13.8. The summed E-state index contributed by atoms with van der Waals surface area (Å²) in [5, 5.41) is 0.906. The first kappa shape index (κ1) is 20.2. The Morgan fingerprint density at radius 3 is 2.84 bits per heavy atom. The highest BCUT2D eigenvalue weighted by Crippen LogP contribution is 2.38. The molecule has 31 heavy (non-hydrogen) atoms. The molecular weight excluding hydrogens is 410 g/mol. The van der Waals surface area contributed by atoms with Crippen molar-refractivity contribution in [3.8, 4) is 11.5 Å². The molecule has 0 spiro atoms. The normalized spacial score (nSPS) is 18.4. The van der Waals surface area contributed by atoms with Crippen molar-refractivity contribution < 1.29 is 14.3 Å². The number of nitrogens with zero attached hydrogens (tertiary/aromatic N) is 3. The number of imidazole rings is 1. The Hall–Kier alpha value is -2.67. The van der Waals surface area contributed by atoms with Gasteiger partial charge in [-0.25, -0.2) is 4.98 Å². The van der Waals surface area contributed by atoms with Gasteiger partial charge in [0, 0.05) is 19.5 Å². The predicted molar refractivity (Wildman–Crippen MR) is 122 cm³/mol. The van der Waals surface area contributed by atoms with Crippen LogP contribution in [0.15, 0.2) is 47.6 Å². The third-order valence-electron chi connectivity index (χ3n) is 5.99. The van der Waals surface area contributed by atoms with Crippen molar-refractivity contribution >= 4 is 28.7 Å².